The highest BCUT2D eigenvalue weighted by Crippen LogP contribution is 2.25. The van der Waals surface area contributed by atoms with Crippen molar-refractivity contribution in [3.05, 3.63) is 12.2 Å². The second-order valence-electron chi connectivity index (χ2n) is 4.31. The molecular weight excluding hydrogens is 162 g/mol. The normalized spacial score (nSPS) is 31.3. The smallest absolute Gasteiger partial charge is 0.0696 e. The lowest BCUT2D eigenvalue weighted by Gasteiger charge is -2.21. The molecule has 0 amide bonds. The van der Waals surface area contributed by atoms with Gasteiger partial charge in [0.1, 0.15) is 0 Å². The lowest BCUT2D eigenvalue weighted by Crippen LogP contribution is -2.35. The van der Waals surface area contributed by atoms with Crippen molar-refractivity contribution in [1.29, 1.82) is 0 Å². The van der Waals surface area contributed by atoms with E-state index in [1.807, 2.05) is 0 Å². The van der Waals surface area contributed by atoms with Crippen LogP contribution in [-0.4, -0.2) is 23.8 Å². The van der Waals surface area contributed by atoms with E-state index in [1.165, 1.54) is 19.3 Å². The quantitative estimate of drug-likeness (QED) is 0.646. The number of hydrogen-bond acceptors (Lipinski definition) is 2. The minimum absolute atomic E-state index is 0.118. The molecule has 2 atom stereocenters. The predicted octanol–water partition coefficient (Wildman–Crippen LogP) is 1.46. The molecule has 2 heteroatoms. The van der Waals surface area contributed by atoms with Crippen LogP contribution in [0.25, 0.3) is 0 Å². The van der Waals surface area contributed by atoms with Crippen LogP contribution < -0.4 is 5.32 Å². The van der Waals surface area contributed by atoms with Gasteiger partial charge in [-0.05, 0) is 44.6 Å². The van der Waals surface area contributed by atoms with Gasteiger partial charge in [0.2, 0.25) is 0 Å². The van der Waals surface area contributed by atoms with Gasteiger partial charge < -0.3 is 10.4 Å². The van der Waals surface area contributed by atoms with Crippen LogP contribution in [0.4, 0.5) is 0 Å². The van der Waals surface area contributed by atoms with E-state index in [-0.39, 0.29) is 6.10 Å². The zero-order valence-corrected chi connectivity index (χ0v) is 8.08. The van der Waals surface area contributed by atoms with Gasteiger partial charge in [-0.2, -0.15) is 0 Å². The third kappa shape index (κ3) is 2.32. The zero-order valence-electron chi connectivity index (χ0n) is 8.08. The van der Waals surface area contributed by atoms with Gasteiger partial charge >= 0.3 is 0 Å². The second kappa shape index (κ2) is 4.25. The van der Waals surface area contributed by atoms with Gasteiger partial charge in [-0.1, -0.05) is 12.2 Å². The van der Waals surface area contributed by atoms with Gasteiger partial charge in [-0.15, -0.1) is 0 Å². The van der Waals surface area contributed by atoms with Crippen LogP contribution >= 0.6 is 0 Å². The maximum atomic E-state index is 9.92. The Morgan fingerprint density at radius 2 is 2.15 bits per heavy atom. The van der Waals surface area contributed by atoms with E-state index in [1.54, 1.807) is 0 Å². The Morgan fingerprint density at radius 3 is 2.77 bits per heavy atom. The van der Waals surface area contributed by atoms with Gasteiger partial charge in [-0.25, -0.2) is 0 Å². The van der Waals surface area contributed by atoms with E-state index >= 15 is 0 Å². The van der Waals surface area contributed by atoms with Crippen LogP contribution in [0.1, 0.15) is 32.1 Å². The predicted molar refractivity (Wildman–Crippen MR) is 53.5 cm³/mol. The molecule has 0 aromatic carbocycles. The van der Waals surface area contributed by atoms with E-state index in [2.05, 4.69) is 17.5 Å². The van der Waals surface area contributed by atoms with Crippen molar-refractivity contribution in [3.63, 3.8) is 0 Å². The lowest BCUT2D eigenvalue weighted by atomic mass is 9.95. The first-order valence-electron chi connectivity index (χ1n) is 5.42. The SMILES string of the molecule is OC(CC1CC=CC1)[C@H]1CCCN1. The van der Waals surface area contributed by atoms with E-state index in [9.17, 15) is 5.11 Å². The number of aliphatic hydroxyl groups is 1. The highest BCUT2D eigenvalue weighted by Gasteiger charge is 2.25. The van der Waals surface area contributed by atoms with E-state index < -0.39 is 0 Å². The Morgan fingerprint density at radius 1 is 1.38 bits per heavy atom. The molecule has 1 unspecified atom stereocenters. The third-order valence-corrected chi connectivity index (χ3v) is 3.24. The Hall–Kier alpha value is -0.340. The Labute approximate surface area is 80.0 Å². The maximum Gasteiger partial charge on any atom is 0.0696 e. The largest absolute Gasteiger partial charge is 0.391 e. The lowest BCUT2D eigenvalue weighted by molar-refractivity contribution is 0.109. The molecule has 2 N–H and O–H groups in total. The average molecular weight is 181 g/mol. The molecule has 2 nitrogen and oxygen atoms in total. The van der Waals surface area contributed by atoms with Crippen LogP contribution in [0.15, 0.2) is 12.2 Å². The minimum atomic E-state index is -0.118. The van der Waals surface area contributed by atoms with E-state index in [4.69, 9.17) is 0 Å². The first kappa shape index (κ1) is 9.22. The third-order valence-electron chi connectivity index (χ3n) is 3.24. The maximum absolute atomic E-state index is 9.92. The molecule has 0 spiro atoms. The molecule has 1 aliphatic heterocycles. The van der Waals surface area contributed by atoms with Crippen molar-refractivity contribution in [1.82, 2.24) is 5.32 Å². The standard InChI is InChI=1S/C11H19NO/c13-11(10-6-3-7-12-10)8-9-4-1-2-5-9/h1-2,9-13H,3-8H2/t10-,11?/m1/s1. The Bertz CT molecular complexity index is 177. The van der Waals surface area contributed by atoms with Crippen molar-refractivity contribution in [2.24, 2.45) is 5.92 Å². The summed E-state index contributed by atoms with van der Waals surface area (Å²) in [4.78, 5) is 0. The molecule has 0 aromatic heterocycles. The van der Waals surface area contributed by atoms with Crippen LogP contribution in [0.2, 0.25) is 0 Å². The summed E-state index contributed by atoms with van der Waals surface area (Å²) in [6.45, 7) is 1.09. The fraction of sp³-hybridized carbons (Fsp3) is 0.818. The molecule has 2 aliphatic rings. The molecule has 1 aliphatic carbocycles. The highest BCUT2D eigenvalue weighted by molar-refractivity contribution is 4.96. The van der Waals surface area contributed by atoms with Crippen molar-refractivity contribution in [2.45, 2.75) is 44.2 Å². The van der Waals surface area contributed by atoms with Gasteiger partial charge in [0, 0.05) is 6.04 Å². The molecule has 2 rings (SSSR count). The topological polar surface area (TPSA) is 32.3 Å². The summed E-state index contributed by atoms with van der Waals surface area (Å²) in [5.74, 6) is 0.706. The van der Waals surface area contributed by atoms with Crippen LogP contribution in [0.3, 0.4) is 0 Å². The summed E-state index contributed by atoms with van der Waals surface area (Å²) in [6, 6.07) is 0.376. The molecule has 74 valence electrons. The summed E-state index contributed by atoms with van der Waals surface area (Å²) in [6.07, 6.45) is 10.1. The van der Waals surface area contributed by atoms with E-state index in [0.717, 1.165) is 19.4 Å². The number of nitrogens with one attached hydrogen (secondary N) is 1. The average Bonchev–Trinajstić information content (AvgIpc) is 2.74. The summed E-state index contributed by atoms with van der Waals surface area (Å²) < 4.78 is 0. The number of rotatable bonds is 3. The zero-order chi connectivity index (χ0) is 9.10. The van der Waals surface area contributed by atoms with Crippen molar-refractivity contribution >= 4 is 0 Å². The fourth-order valence-electron chi connectivity index (χ4n) is 2.41. The molecule has 0 saturated carbocycles. The molecule has 1 heterocycles. The molecule has 0 radical (unpaired) electrons. The molecular formula is C11H19NO. The molecule has 1 saturated heterocycles. The van der Waals surface area contributed by atoms with Crippen LogP contribution in [0, 0.1) is 5.92 Å². The summed E-state index contributed by atoms with van der Waals surface area (Å²) in [5.41, 5.74) is 0. The van der Waals surface area contributed by atoms with Crippen molar-refractivity contribution in [3.8, 4) is 0 Å². The van der Waals surface area contributed by atoms with Crippen molar-refractivity contribution in [2.75, 3.05) is 6.54 Å². The monoisotopic (exact) mass is 181 g/mol. The summed E-state index contributed by atoms with van der Waals surface area (Å²) in [5, 5.41) is 13.3. The second-order valence-corrected chi connectivity index (χ2v) is 4.31. The van der Waals surface area contributed by atoms with Crippen LogP contribution in [0.5, 0.6) is 0 Å². The molecule has 0 bridgehead atoms. The van der Waals surface area contributed by atoms with E-state index in [0.29, 0.717) is 12.0 Å². The Balaban J connectivity index is 1.73. The minimum Gasteiger partial charge on any atom is -0.391 e. The van der Waals surface area contributed by atoms with Gasteiger partial charge in [0.15, 0.2) is 0 Å². The van der Waals surface area contributed by atoms with Crippen molar-refractivity contribution < 1.29 is 5.11 Å². The van der Waals surface area contributed by atoms with Crippen LogP contribution in [-0.2, 0) is 0 Å². The number of hydrogen-bond donors (Lipinski definition) is 2. The number of aliphatic hydroxyl groups excluding tert-OH is 1. The van der Waals surface area contributed by atoms with Gasteiger partial charge in [0.05, 0.1) is 6.10 Å². The molecule has 13 heavy (non-hydrogen) atoms. The summed E-state index contributed by atoms with van der Waals surface area (Å²) in [7, 11) is 0. The van der Waals surface area contributed by atoms with Gasteiger partial charge in [0.25, 0.3) is 0 Å². The molecule has 0 aromatic rings. The summed E-state index contributed by atoms with van der Waals surface area (Å²) >= 11 is 0. The fourth-order valence-corrected chi connectivity index (χ4v) is 2.41. The van der Waals surface area contributed by atoms with Gasteiger partial charge in [-0.3, -0.25) is 0 Å². The molecule has 1 fully saturated rings. The highest BCUT2D eigenvalue weighted by atomic mass is 16.3. The Kier molecular flexibility index (Phi) is 3.01. The first-order chi connectivity index (χ1) is 6.36. The first-order valence-corrected chi connectivity index (χ1v) is 5.42. The number of allylic oxidation sites excluding steroid dienone is 2.